The van der Waals surface area contributed by atoms with Crippen LogP contribution in [0.15, 0.2) is 0 Å². The Morgan fingerprint density at radius 1 is 1.77 bits per heavy atom. The maximum Gasteiger partial charge on any atom is 0.232 e. The Morgan fingerprint density at radius 3 is 3.15 bits per heavy atom. The van der Waals surface area contributed by atoms with Gasteiger partial charge < -0.3 is 15.4 Å². The van der Waals surface area contributed by atoms with Crippen molar-refractivity contribution in [1.82, 2.24) is 4.90 Å². The summed E-state index contributed by atoms with van der Waals surface area (Å²) in [6.07, 6.45) is 1.96. The molecule has 5 heteroatoms. The van der Waals surface area contributed by atoms with Crippen molar-refractivity contribution in [3.8, 4) is 0 Å². The third-order valence-corrected chi connectivity index (χ3v) is 2.56. The van der Waals surface area contributed by atoms with Crippen LogP contribution in [0.2, 0.25) is 0 Å². The monoisotopic (exact) mass is 204 g/mol. The number of nitrogens with two attached hydrogens (primary N) is 1. The summed E-state index contributed by atoms with van der Waals surface area (Å²) in [5, 5.41) is 0. The number of amides is 1. The average Bonchev–Trinajstić information content (AvgIpc) is 2.18. The zero-order valence-corrected chi connectivity index (χ0v) is 8.68. The number of thioether (sulfide) groups is 1. The molecular weight excluding hydrogens is 188 g/mol. The maximum absolute atomic E-state index is 11.5. The summed E-state index contributed by atoms with van der Waals surface area (Å²) in [7, 11) is 0. The Bertz CT molecular complexity index is 178. The number of carbonyl (C=O) groups excluding carboxylic acids is 1. The summed E-state index contributed by atoms with van der Waals surface area (Å²) in [5.74, 6) is 0.742. The second kappa shape index (κ2) is 5.47. The highest BCUT2D eigenvalue weighted by molar-refractivity contribution is 7.99. The largest absolute Gasteiger partial charge is 0.373 e. The molecule has 1 fully saturated rings. The molecule has 0 radical (unpaired) electrons. The minimum atomic E-state index is 0.0274. The average molecular weight is 204 g/mol. The molecule has 0 aromatic heterocycles. The smallest absolute Gasteiger partial charge is 0.232 e. The number of nitrogens with zero attached hydrogens (tertiary/aromatic N) is 1. The first kappa shape index (κ1) is 10.8. The fraction of sp³-hybridized carbons (Fsp3) is 0.875. The van der Waals surface area contributed by atoms with E-state index in [1.165, 1.54) is 0 Å². The Morgan fingerprint density at radius 2 is 2.54 bits per heavy atom. The topological polar surface area (TPSA) is 55.6 Å². The zero-order valence-electron chi connectivity index (χ0n) is 7.86. The van der Waals surface area contributed by atoms with Gasteiger partial charge in [0.05, 0.1) is 18.5 Å². The summed E-state index contributed by atoms with van der Waals surface area (Å²) in [5.41, 5.74) is 5.47. The molecule has 0 saturated carbocycles. The molecule has 4 nitrogen and oxygen atoms in total. The van der Waals surface area contributed by atoms with Gasteiger partial charge >= 0.3 is 0 Å². The molecule has 0 aliphatic carbocycles. The third-order valence-electron chi connectivity index (χ3n) is 2.02. The van der Waals surface area contributed by atoms with Crippen LogP contribution >= 0.6 is 11.8 Å². The number of rotatable bonds is 3. The molecule has 1 amide bonds. The summed E-state index contributed by atoms with van der Waals surface area (Å²) in [4.78, 5) is 13.3. The SMILES string of the molecule is CSCC(=O)N1CCOC(CN)C1. The Kier molecular flexibility index (Phi) is 4.55. The predicted octanol–water partition coefficient (Wildman–Crippen LogP) is -0.464. The zero-order chi connectivity index (χ0) is 9.68. The lowest BCUT2D eigenvalue weighted by molar-refractivity contribution is -0.135. The van der Waals surface area contributed by atoms with Crippen LogP contribution in [0, 0.1) is 0 Å². The van der Waals surface area contributed by atoms with Crippen LogP contribution in [0.5, 0.6) is 0 Å². The molecule has 1 aliphatic rings. The van der Waals surface area contributed by atoms with E-state index in [4.69, 9.17) is 10.5 Å². The van der Waals surface area contributed by atoms with Crippen LogP contribution in [0.1, 0.15) is 0 Å². The van der Waals surface area contributed by atoms with E-state index in [0.29, 0.717) is 32.0 Å². The molecule has 0 aromatic rings. The van der Waals surface area contributed by atoms with Crippen LogP contribution in [0.3, 0.4) is 0 Å². The lowest BCUT2D eigenvalue weighted by atomic mass is 10.3. The Balaban J connectivity index is 2.37. The second-order valence-corrected chi connectivity index (χ2v) is 3.87. The van der Waals surface area contributed by atoms with Crippen molar-refractivity contribution in [2.75, 3.05) is 38.2 Å². The highest BCUT2D eigenvalue weighted by Gasteiger charge is 2.22. The van der Waals surface area contributed by atoms with E-state index in [2.05, 4.69) is 0 Å². The second-order valence-electron chi connectivity index (χ2n) is 3.00. The van der Waals surface area contributed by atoms with E-state index in [0.717, 1.165) is 0 Å². The summed E-state index contributed by atoms with van der Waals surface area (Å²) in [6, 6.07) is 0. The van der Waals surface area contributed by atoms with Gasteiger partial charge in [0.25, 0.3) is 0 Å². The lowest BCUT2D eigenvalue weighted by Gasteiger charge is -2.32. The van der Waals surface area contributed by atoms with E-state index >= 15 is 0 Å². The van der Waals surface area contributed by atoms with Crippen molar-refractivity contribution in [1.29, 1.82) is 0 Å². The van der Waals surface area contributed by atoms with Gasteiger partial charge in [-0.05, 0) is 6.26 Å². The molecule has 1 saturated heterocycles. The Hall–Kier alpha value is -0.260. The van der Waals surface area contributed by atoms with Crippen LogP contribution < -0.4 is 5.73 Å². The van der Waals surface area contributed by atoms with Gasteiger partial charge in [0.15, 0.2) is 0 Å². The normalized spacial score (nSPS) is 23.2. The van der Waals surface area contributed by atoms with E-state index in [1.807, 2.05) is 11.2 Å². The van der Waals surface area contributed by atoms with E-state index in [-0.39, 0.29) is 12.0 Å². The van der Waals surface area contributed by atoms with Gasteiger partial charge in [0.2, 0.25) is 5.91 Å². The van der Waals surface area contributed by atoms with Gasteiger partial charge in [0, 0.05) is 19.6 Å². The molecule has 1 rings (SSSR count). The first-order valence-corrected chi connectivity index (χ1v) is 5.75. The highest BCUT2D eigenvalue weighted by Crippen LogP contribution is 2.06. The maximum atomic E-state index is 11.5. The molecule has 1 unspecified atom stereocenters. The molecule has 0 spiro atoms. The Labute approximate surface area is 82.8 Å². The fourth-order valence-corrected chi connectivity index (χ4v) is 1.73. The summed E-state index contributed by atoms with van der Waals surface area (Å²) < 4.78 is 5.36. The van der Waals surface area contributed by atoms with Gasteiger partial charge in [0.1, 0.15) is 0 Å². The molecule has 1 aliphatic heterocycles. The van der Waals surface area contributed by atoms with Crippen molar-refractivity contribution in [2.24, 2.45) is 5.73 Å². The number of morpholine rings is 1. The molecule has 2 N–H and O–H groups in total. The first-order valence-electron chi connectivity index (χ1n) is 4.36. The number of hydrogen-bond acceptors (Lipinski definition) is 4. The van der Waals surface area contributed by atoms with Gasteiger partial charge in [-0.3, -0.25) is 4.79 Å². The van der Waals surface area contributed by atoms with Crippen molar-refractivity contribution >= 4 is 17.7 Å². The van der Waals surface area contributed by atoms with E-state index < -0.39 is 0 Å². The molecule has 13 heavy (non-hydrogen) atoms. The van der Waals surface area contributed by atoms with Gasteiger partial charge in [-0.1, -0.05) is 0 Å². The molecule has 1 atom stereocenters. The highest BCUT2D eigenvalue weighted by atomic mass is 32.2. The van der Waals surface area contributed by atoms with Crippen molar-refractivity contribution < 1.29 is 9.53 Å². The van der Waals surface area contributed by atoms with Crippen LogP contribution in [-0.2, 0) is 9.53 Å². The van der Waals surface area contributed by atoms with E-state index in [1.54, 1.807) is 11.8 Å². The standard InChI is InChI=1S/C8H16N2O2S/c1-13-6-8(11)10-2-3-12-7(4-9)5-10/h7H,2-6,9H2,1H3. The van der Waals surface area contributed by atoms with Crippen molar-refractivity contribution in [3.63, 3.8) is 0 Å². The third kappa shape index (κ3) is 3.17. The first-order chi connectivity index (χ1) is 6.27. The predicted molar refractivity (Wildman–Crippen MR) is 53.8 cm³/mol. The van der Waals surface area contributed by atoms with Crippen LogP contribution in [-0.4, -0.2) is 55.2 Å². The molecular formula is C8H16N2O2S. The van der Waals surface area contributed by atoms with Crippen molar-refractivity contribution in [2.45, 2.75) is 6.10 Å². The fourth-order valence-electron chi connectivity index (χ4n) is 1.30. The van der Waals surface area contributed by atoms with Gasteiger partial charge in [-0.25, -0.2) is 0 Å². The van der Waals surface area contributed by atoms with Gasteiger partial charge in [-0.2, -0.15) is 11.8 Å². The van der Waals surface area contributed by atoms with Crippen molar-refractivity contribution in [3.05, 3.63) is 0 Å². The molecule has 0 bridgehead atoms. The molecule has 1 heterocycles. The summed E-state index contributed by atoms with van der Waals surface area (Å²) in [6.45, 7) is 2.46. The van der Waals surface area contributed by atoms with Crippen LogP contribution in [0.4, 0.5) is 0 Å². The number of ether oxygens (including phenoxy) is 1. The number of carbonyl (C=O) groups is 1. The molecule has 76 valence electrons. The van der Waals surface area contributed by atoms with Gasteiger partial charge in [-0.15, -0.1) is 0 Å². The molecule has 0 aromatic carbocycles. The summed E-state index contributed by atoms with van der Waals surface area (Å²) >= 11 is 1.55. The minimum Gasteiger partial charge on any atom is -0.373 e. The minimum absolute atomic E-state index is 0.0274. The lowest BCUT2D eigenvalue weighted by Crippen LogP contribution is -2.48. The quantitative estimate of drug-likeness (QED) is 0.675. The number of hydrogen-bond donors (Lipinski definition) is 1. The van der Waals surface area contributed by atoms with E-state index in [9.17, 15) is 4.79 Å². The van der Waals surface area contributed by atoms with Crippen LogP contribution in [0.25, 0.3) is 0 Å².